The molecule has 1 aromatic carbocycles. The number of amides is 1. The van der Waals surface area contributed by atoms with Gasteiger partial charge in [-0.25, -0.2) is 9.36 Å². The van der Waals surface area contributed by atoms with Crippen LogP contribution in [0.1, 0.15) is 44.0 Å². The molecule has 1 amide bonds. The quantitative estimate of drug-likeness (QED) is 0.576. The number of rotatable bonds is 7. The van der Waals surface area contributed by atoms with Gasteiger partial charge >= 0.3 is 0 Å². The molecule has 0 radical (unpaired) electrons. The van der Waals surface area contributed by atoms with Crippen molar-refractivity contribution < 1.29 is 4.79 Å². The van der Waals surface area contributed by atoms with Gasteiger partial charge in [0, 0.05) is 19.1 Å². The maximum absolute atomic E-state index is 13.1. The van der Waals surface area contributed by atoms with E-state index < -0.39 is 0 Å². The number of nitrogens with zero attached hydrogens (tertiary/aromatic N) is 5. The van der Waals surface area contributed by atoms with Crippen molar-refractivity contribution in [2.75, 3.05) is 19.6 Å². The van der Waals surface area contributed by atoms with E-state index in [4.69, 9.17) is 0 Å². The van der Waals surface area contributed by atoms with Crippen molar-refractivity contribution >= 4 is 16.8 Å². The number of piperidine rings is 1. The third kappa shape index (κ3) is 4.60. The van der Waals surface area contributed by atoms with Crippen molar-refractivity contribution in [2.45, 2.75) is 59.0 Å². The number of fused-ring (bicyclic) bond motifs is 1. The predicted molar refractivity (Wildman–Crippen MR) is 125 cm³/mol. The lowest BCUT2D eigenvalue weighted by molar-refractivity contribution is -0.121. The van der Waals surface area contributed by atoms with Crippen LogP contribution in [0.25, 0.3) is 16.6 Å². The number of nitrogens with one attached hydrogen (secondary N) is 1. The van der Waals surface area contributed by atoms with Gasteiger partial charge in [0.1, 0.15) is 12.1 Å². The largest absolute Gasteiger partial charge is 0.354 e. The van der Waals surface area contributed by atoms with Gasteiger partial charge < -0.3 is 10.2 Å². The van der Waals surface area contributed by atoms with Crippen LogP contribution in [-0.4, -0.2) is 56.0 Å². The molecule has 32 heavy (non-hydrogen) atoms. The van der Waals surface area contributed by atoms with Gasteiger partial charge in [-0.2, -0.15) is 10.2 Å². The first-order valence-electron chi connectivity index (χ1n) is 11.5. The summed E-state index contributed by atoms with van der Waals surface area (Å²) in [6.45, 7) is 8.60. The number of aromatic nitrogens is 4. The molecule has 1 atom stereocenters. The first-order valence-corrected chi connectivity index (χ1v) is 11.5. The fourth-order valence-electron chi connectivity index (χ4n) is 4.53. The fraction of sp³-hybridized carbons (Fsp3) is 0.500. The summed E-state index contributed by atoms with van der Waals surface area (Å²) in [4.78, 5) is 28.1. The maximum Gasteiger partial charge on any atom is 0.278 e. The van der Waals surface area contributed by atoms with Gasteiger partial charge in [-0.05, 0) is 58.7 Å². The Morgan fingerprint density at radius 2 is 1.94 bits per heavy atom. The van der Waals surface area contributed by atoms with Gasteiger partial charge in [-0.3, -0.25) is 9.59 Å². The Balaban J connectivity index is 1.44. The molecule has 1 saturated heterocycles. The fourth-order valence-corrected chi connectivity index (χ4v) is 4.53. The molecule has 170 valence electrons. The zero-order valence-corrected chi connectivity index (χ0v) is 19.2. The molecule has 0 spiro atoms. The van der Waals surface area contributed by atoms with E-state index in [1.807, 2.05) is 44.2 Å². The third-order valence-electron chi connectivity index (χ3n) is 6.36. The predicted octanol–water partition coefficient (Wildman–Crippen LogP) is 2.58. The first kappa shape index (κ1) is 22.2. The molecule has 0 saturated carbocycles. The van der Waals surface area contributed by atoms with Crippen LogP contribution in [0.4, 0.5) is 0 Å². The van der Waals surface area contributed by atoms with Crippen LogP contribution in [0.2, 0.25) is 0 Å². The maximum atomic E-state index is 13.1. The molecule has 0 unspecified atom stereocenters. The number of likely N-dealkylation sites (tertiary alicyclic amines) is 1. The zero-order chi connectivity index (χ0) is 22.7. The van der Waals surface area contributed by atoms with Gasteiger partial charge in [0.25, 0.3) is 5.56 Å². The van der Waals surface area contributed by atoms with Gasteiger partial charge in [0.2, 0.25) is 5.91 Å². The van der Waals surface area contributed by atoms with E-state index >= 15 is 0 Å². The summed E-state index contributed by atoms with van der Waals surface area (Å²) in [6.07, 6.45) is 4.72. The molecule has 0 aliphatic carbocycles. The van der Waals surface area contributed by atoms with E-state index in [-0.39, 0.29) is 18.0 Å². The van der Waals surface area contributed by atoms with E-state index in [1.54, 1.807) is 4.68 Å². The van der Waals surface area contributed by atoms with E-state index in [1.165, 1.54) is 23.9 Å². The molecular weight excluding hydrogens is 404 g/mol. The van der Waals surface area contributed by atoms with E-state index in [9.17, 15) is 9.59 Å². The Bertz CT molecular complexity index is 1150. The van der Waals surface area contributed by atoms with Crippen molar-refractivity contribution in [1.29, 1.82) is 0 Å². The second kappa shape index (κ2) is 9.65. The number of aryl methyl sites for hydroxylation is 2. The van der Waals surface area contributed by atoms with E-state index in [2.05, 4.69) is 27.3 Å². The molecule has 1 N–H and O–H groups in total. The molecule has 2 aromatic heterocycles. The molecule has 1 aliphatic heterocycles. The summed E-state index contributed by atoms with van der Waals surface area (Å²) in [5.74, 6) is -0.196. The molecule has 3 heterocycles. The standard InChI is InChI=1S/C24H32N6O2/c1-17-10-7-8-14-28(17)15-9-13-25-21(31)16-29-24(32)22-19(3)30(20-11-5-4-6-12-20)27-23(22)18(2)26-29/h4-6,11-12,17H,7-10,13-16H2,1-3H3,(H,25,31)/t17-/m0/s1. The minimum atomic E-state index is -0.289. The monoisotopic (exact) mass is 436 g/mol. The summed E-state index contributed by atoms with van der Waals surface area (Å²) in [6, 6.07) is 10.3. The van der Waals surface area contributed by atoms with Crippen molar-refractivity contribution in [2.24, 2.45) is 0 Å². The lowest BCUT2D eigenvalue weighted by Gasteiger charge is -2.33. The topological polar surface area (TPSA) is 85.0 Å². The molecule has 4 rings (SSSR count). The minimum Gasteiger partial charge on any atom is -0.354 e. The highest BCUT2D eigenvalue weighted by Gasteiger charge is 2.19. The van der Waals surface area contributed by atoms with Crippen LogP contribution >= 0.6 is 0 Å². The normalized spacial score (nSPS) is 17.0. The molecule has 1 fully saturated rings. The molecule has 8 heteroatoms. The Kier molecular flexibility index (Phi) is 6.69. The Hall–Kier alpha value is -3.00. The van der Waals surface area contributed by atoms with Crippen molar-refractivity contribution in [1.82, 2.24) is 29.8 Å². The highest BCUT2D eigenvalue weighted by atomic mass is 16.2. The summed E-state index contributed by atoms with van der Waals surface area (Å²) >= 11 is 0. The number of carbonyl (C=O) groups excluding carboxylic acids is 1. The number of benzene rings is 1. The smallest absolute Gasteiger partial charge is 0.278 e. The van der Waals surface area contributed by atoms with Gasteiger partial charge in [0.15, 0.2) is 0 Å². The Labute approximate surface area is 188 Å². The van der Waals surface area contributed by atoms with Crippen LogP contribution in [0.5, 0.6) is 0 Å². The SMILES string of the molecule is Cc1nn(CC(=O)NCCCN2CCCC[C@@H]2C)c(=O)c2c(C)n(-c3ccccc3)nc12. The number of carbonyl (C=O) groups is 1. The van der Waals surface area contributed by atoms with Gasteiger partial charge in [-0.1, -0.05) is 24.6 Å². The second-order valence-electron chi connectivity index (χ2n) is 8.69. The second-order valence-corrected chi connectivity index (χ2v) is 8.69. The lowest BCUT2D eigenvalue weighted by Crippen LogP contribution is -2.40. The highest BCUT2D eigenvalue weighted by Crippen LogP contribution is 2.20. The molecule has 0 bridgehead atoms. The van der Waals surface area contributed by atoms with Crippen molar-refractivity contribution in [3.05, 3.63) is 52.1 Å². The summed E-state index contributed by atoms with van der Waals surface area (Å²) in [5, 5.41) is 12.4. The van der Waals surface area contributed by atoms with Crippen LogP contribution < -0.4 is 10.9 Å². The Morgan fingerprint density at radius 3 is 2.69 bits per heavy atom. The molecular formula is C24H32N6O2. The Morgan fingerprint density at radius 1 is 1.16 bits per heavy atom. The number of hydrogen-bond acceptors (Lipinski definition) is 5. The highest BCUT2D eigenvalue weighted by molar-refractivity contribution is 5.83. The van der Waals surface area contributed by atoms with Gasteiger partial charge in [-0.15, -0.1) is 0 Å². The lowest BCUT2D eigenvalue weighted by atomic mass is 10.0. The zero-order valence-electron chi connectivity index (χ0n) is 19.2. The summed E-state index contributed by atoms with van der Waals surface area (Å²) in [5.41, 5.74) is 2.54. The van der Waals surface area contributed by atoms with E-state index in [0.717, 1.165) is 30.9 Å². The van der Waals surface area contributed by atoms with Crippen LogP contribution in [0.3, 0.4) is 0 Å². The molecule has 8 nitrogen and oxygen atoms in total. The first-order chi connectivity index (χ1) is 15.5. The van der Waals surface area contributed by atoms with Crippen molar-refractivity contribution in [3.63, 3.8) is 0 Å². The number of hydrogen-bond donors (Lipinski definition) is 1. The van der Waals surface area contributed by atoms with Crippen LogP contribution in [0, 0.1) is 13.8 Å². The van der Waals surface area contributed by atoms with E-state index in [0.29, 0.717) is 29.2 Å². The number of para-hydroxylation sites is 1. The van der Waals surface area contributed by atoms with Gasteiger partial charge in [0.05, 0.1) is 22.5 Å². The average Bonchev–Trinajstić information content (AvgIpc) is 3.14. The molecule has 3 aromatic rings. The van der Waals surface area contributed by atoms with Crippen LogP contribution in [-0.2, 0) is 11.3 Å². The summed E-state index contributed by atoms with van der Waals surface area (Å²) < 4.78 is 3.01. The third-order valence-corrected chi connectivity index (χ3v) is 6.36. The van der Waals surface area contributed by atoms with Crippen molar-refractivity contribution in [3.8, 4) is 5.69 Å². The average molecular weight is 437 g/mol. The minimum absolute atomic E-state index is 0.0916. The molecule has 1 aliphatic rings. The van der Waals surface area contributed by atoms with Crippen LogP contribution in [0.15, 0.2) is 35.1 Å². The summed E-state index contributed by atoms with van der Waals surface area (Å²) in [7, 11) is 0.